The molecule has 60 valence electrons. The Hall–Kier alpha value is -1.38. The first-order chi connectivity index (χ1) is 5.93. The van der Waals surface area contributed by atoms with Crippen molar-refractivity contribution in [1.82, 2.24) is 5.32 Å². The Bertz CT molecular complexity index is 347. The number of hydrogen-bond acceptors (Lipinski definition) is 3. The molecule has 0 aromatic rings. The lowest BCUT2D eigenvalue weighted by atomic mass is 9.97. The van der Waals surface area contributed by atoms with E-state index in [-0.39, 0.29) is 0 Å². The highest BCUT2D eigenvalue weighted by Crippen LogP contribution is 2.28. The van der Waals surface area contributed by atoms with Gasteiger partial charge in [0.25, 0.3) is 0 Å². The summed E-state index contributed by atoms with van der Waals surface area (Å²) in [6, 6.07) is 0. The SMILES string of the molecule is C1=NC2=CC3CCNC3=CC2=N1. The Balaban J connectivity index is 2.08. The summed E-state index contributed by atoms with van der Waals surface area (Å²) in [7, 11) is 0. The summed E-state index contributed by atoms with van der Waals surface area (Å²) in [6.45, 7) is 1.08. The summed E-state index contributed by atoms with van der Waals surface area (Å²) in [5, 5.41) is 3.35. The molecule has 1 atom stereocenters. The highest BCUT2D eigenvalue weighted by atomic mass is 15.0. The van der Waals surface area contributed by atoms with Crippen LogP contribution in [0.15, 0.2) is 33.5 Å². The van der Waals surface area contributed by atoms with Gasteiger partial charge in [0.05, 0.1) is 11.4 Å². The average Bonchev–Trinajstić information content (AvgIpc) is 2.64. The molecule has 1 N–H and O–H groups in total. The standard InChI is InChI=1S/C9H9N3/c1-2-10-7-4-9-8(3-6(1)7)11-5-12-9/h3-6,10H,1-2H2. The predicted octanol–water partition coefficient (Wildman–Crippen LogP) is 0.860. The van der Waals surface area contributed by atoms with Crippen molar-refractivity contribution in [3.05, 3.63) is 23.5 Å². The second-order valence-corrected chi connectivity index (χ2v) is 3.23. The van der Waals surface area contributed by atoms with Crippen LogP contribution in [0.3, 0.4) is 0 Å². The minimum absolute atomic E-state index is 0.564. The fourth-order valence-corrected chi connectivity index (χ4v) is 1.85. The molecule has 3 aliphatic rings. The van der Waals surface area contributed by atoms with E-state index in [4.69, 9.17) is 0 Å². The molecule has 0 saturated carbocycles. The lowest BCUT2D eigenvalue weighted by Gasteiger charge is -2.12. The molecule has 0 spiro atoms. The Labute approximate surface area is 70.6 Å². The molecular weight excluding hydrogens is 150 g/mol. The lowest BCUT2D eigenvalue weighted by Crippen LogP contribution is -2.13. The molecule has 0 radical (unpaired) electrons. The van der Waals surface area contributed by atoms with Gasteiger partial charge in [0, 0.05) is 18.2 Å². The number of allylic oxidation sites excluding steroid dienone is 2. The van der Waals surface area contributed by atoms with Gasteiger partial charge < -0.3 is 5.32 Å². The van der Waals surface area contributed by atoms with Gasteiger partial charge in [0.1, 0.15) is 6.34 Å². The third kappa shape index (κ3) is 0.706. The molecule has 2 heterocycles. The van der Waals surface area contributed by atoms with E-state index in [0.29, 0.717) is 5.92 Å². The van der Waals surface area contributed by atoms with Gasteiger partial charge in [-0.1, -0.05) is 0 Å². The lowest BCUT2D eigenvalue weighted by molar-refractivity contribution is 0.789. The van der Waals surface area contributed by atoms with Gasteiger partial charge in [-0.2, -0.15) is 0 Å². The maximum absolute atomic E-state index is 4.18. The van der Waals surface area contributed by atoms with Gasteiger partial charge in [-0.25, -0.2) is 9.98 Å². The van der Waals surface area contributed by atoms with E-state index >= 15 is 0 Å². The van der Waals surface area contributed by atoms with Crippen molar-refractivity contribution in [2.45, 2.75) is 6.42 Å². The monoisotopic (exact) mass is 159 g/mol. The van der Waals surface area contributed by atoms with E-state index in [1.807, 2.05) is 0 Å². The number of rotatable bonds is 0. The summed E-state index contributed by atoms with van der Waals surface area (Å²) < 4.78 is 0. The van der Waals surface area contributed by atoms with Gasteiger partial charge in [0.2, 0.25) is 0 Å². The van der Waals surface area contributed by atoms with Crippen LogP contribution in [0.1, 0.15) is 6.42 Å². The van der Waals surface area contributed by atoms with Crippen LogP contribution in [0.4, 0.5) is 0 Å². The number of aliphatic imine (C=N–C) groups is 2. The zero-order chi connectivity index (χ0) is 7.97. The smallest absolute Gasteiger partial charge is 0.116 e. The summed E-state index contributed by atoms with van der Waals surface area (Å²) in [5.74, 6) is 0.564. The summed E-state index contributed by atoms with van der Waals surface area (Å²) in [5.41, 5.74) is 3.37. The average molecular weight is 159 g/mol. The second-order valence-electron chi connectivity index (χ2n) is 3.23. The van der Waals surface area contributed by atoms with Crippen LogP contribution in [0.25, 0.3) is 0 Å². The Morgan fingerprint density at radius 3 is 3.50 bits per heavy atom. The van der Waals surface area contributed by atoms with Crippen molar-refractivity contribution >= 4 is 12.1 Å². The molecule has 3 rings (SSSR count). The molecule has 1 unspecified atom stereocenters. The normalized spacial score (nSPS) is 30.0. The van der Waals surface area contributed by atoms with E-state index in [0.717, 1.165) is 18.0 Å². The van der Waals surface area contributed by atoms with Gasteiger partial charge in [-0.05, 0) is 18.6 Å². The van der Waals surface area contributed by atoms with Gasteiger partial charge in [0.15, 0.2) is 0 Å². The first kappa shape index (κ1) is 6.17. The molecule has 3 heteroatoms. The summed E-state index contributed by atoms with van der Waals surface area (Å²) >= 11 is 0. The summed E-state index contributed by atoms with van der Waals surface area (Å²) in [6.07, 6.45) is 7.13. The van der Waals surface area contributed by atoms with Crippen molar-refractivity contribution in [2.24, 2.45) is 15.9 Å². The molecule has 1 fully saturated rings. The van der Waals surface area contributed by atoms with Crippen molar-refractivity contribution in [2.75, 3.05) is 6.54 Å². The molecule has 0 bridgehead atoms. The van der Waals surface area contributed by atoms with Gasteiger partial charge >= 0.3 is 0 Å². The van der Waals surface area contributed by atoms with Crippen LogP contribution in [0.2, 0.25) is 0 Å². The predicted molar refractivity (Wildman–Crippen MR) is 48.2 cm³/mol. The number of nitrogens with zero attached hydrogens (tertiary/aromatic N) is 2. The van der Waals surface area contributed by atoms with Gasteiger partial charge in [-0.3, -0.25) is 0 Å². The van der Waals surface area contributed by atoms with E-state index in [2.05, 4.69) is 27.5 Å². The minimum Gasteiger partial charge on any atom is -0.388 e. The molecular formula is C9H9N3. The van der Waals surface area contributed by atoms with Crippen molar-refractivity contribution in [3.63, 3.8) is 0 Å². The largest absolute Gasteiger partial charge is 0.388 e. The van der Waals surface area contributed by atoms with Crippen LogP contribution in [-0.2, 0) is 0 Å². The highest BCUT2D eigenvalue weighted by Gasteiger charge is 2.25. The fourth-order valence-electron chi connectivity index (χ4n) is 1.85. The number of fused-ring (bicyclic) bond motifs is 2. The molecule has 0 aromatic carbocycles. The molecule has 12 heavy (non-hydrogen) atoms. The summed E-state index contributed by atoms with van der Waals surface area (Å²) in [4.78, 5) is 8.34. The number of nitrogens with one attached hydrogen (secondary N) is 1. The molecule has 0 amide bonds. The first-order valence-corrected chi connectivity index (χ1v) is 4.21. The van der Waals surface area contributed by atoms with E-state index in [1.54, 1.807) is 6.34 Å². The maximum atomic E-state index is 4.18. The Morgan fingerprint density at radius 2 is 2.50 bits per heavy atom. The third-order valence-electron chi connectivity index (χ3n) is 2.49. The van der Waals surface area contributed by atoms with Crippen molar-refractivity contribution in [3.8, 4) is 0 Å². The quantitative estimate of drug-likeness (QED) is 0.559. The molecule has 2 aliphatic heterocycles. The third-order valence-corrected chi connectivity index (χ3v) is 2.49. The van der Waals surface area contributed by atoms with E-state index < -0.39 is 0 Å². The van der Waals surface area contributed by atoms with Crippen LogP contribution < -0.4 is 5.32 Å². The zero-order valence-electron chi connectivity index (χ0n) is 6.62. The van der Waals surface area contributed by atoms with Gasteiger partial charge in [-0.15, -0.1) is 0 Å². The molecule has 1 saturated heterocycles. The molecule has 0 aromatic heterocycles. The van der Waals surface area contributed by atoms with Crippen molar-refractivity contribution in [1.29, 1.82) is 0 Å². The van der Waals surface area contributed by atoms with Crippen LogP contribution in [0, 0.1) is 5.92 Å². The topological polar surface area (TPSA) is 36.8 Å². The fraction of sp³-hybridized carbons (Fsp3) is 0.333. The van der Waals surface area contributed by atoms with E-state index in [1.165, 1.54) is 12.1 Å². The molecule has 1 aliphatic carbocycles. The first-order valence-electron chi connectivity index (χ1n) is 4.21. The maximum Gasteiger partial charge on any atom is 0.116 e. The number of hydrogen-bond donors (Lipinski definition) is 1. The zero-order valence-corrected chi connectivity index (χ0v) is 6.62. The van der Waals surface area contributed by atoms with Crippen LogP contribution >= 0.6 is 0 Å². The van der Waals surface area contributed by atoms with Crippen LogP contribution in [-0.4, -0.2) is 18.6 Å². The minimum atomic E-state index is 0.564. The highest BCUT2D eigenvalue weighted by molar-refractivity contribution is 6.15. The van der Waals surface area contributed by atoms with Crippen LogP contribution in [0.5, 0.6) is 0 Å². The molecule has 3 nitrogen and oxygen atoms in total. The van der Waals surface area contributed by atoms with Crippen molar-refractivity contribution < 1.29 is 0 Å². The Morgan fingerprint density at radius 1 is 1.50 bits per heavy atom. The Kier molecular flexibility index (Phi) is 1.06. The second kappa shape index (κ2) is 2.06. The van der Waals surface area contributed by atoms with E-state index in [9.17, 15) is 0 Å².